The monoisotopic (exact) mass is 926 g/mol. The first-order valence-electron chi connectivity index (χ1n) is 20.5. The Balaban J connectivity index is 1.27. The van der Waals surface area contributed by atoms with Gasteiger partial charge in [-0.25, -0.2) is 8.42 Å². The largest absolute Gasteiger partial charge is 0.508 e. The van der Waals surface area contributed by atoms with Crippen LogP contribution in [-0.2, 0) is 51.9 Å². The van der Waals surface area contributed by atoms with E-state index in [9.17, 15) is 39.5 Å². The molecule has 64 heavy (non-hydrogen) atoms. The normalized spacial score (nSPS) is 13.9. The van der Waals surface area contributed by atoms with Crippen LogP contribution in [0.4, 0.5) is 0 Å². The minimum atomic E-state index is -5.09. The van der Waals surface area contributed by atoms with Gasteiger partial charge in [0.2, 0.25) is 9.84 Å². The van der Waals surface area contributed by atoms with Gasteiger partial charge in [0.1, 0.15) is 38.4 Å². The molecule has 0 saturated carbocycles. The van der Waals surface area contributed by atoms with Crippen LogP contribution in [0.5, 0.6) is 23.0 Å². The summed E-state index contributed by atoms with van der Waals surface area (Å²) in [7, 11) is -14.9. The third-order valence-corrected chi connectivity index (χ3v) is 15.6. The molecule has 0 spiro atoms. The van der Waals surface area contributed by atoms with Gasteiger partial charge in [-0.05, 0) is 113 Å². The van der Waals surface area contributed by atoms with E-state index in [2.05, 4.69) is 58.9 Å². The van der Waals surface area contributed by atoms with Gasteiger partial charge >= 0.3 is 0 Å². The number of hydrogen-bond donors (Lipinski definition) is 3. The van der Waals surface area contributed by atoms with Crippen molar-refractivity contribution in [3.63, 3.8) is 0 Å². The second-order valence-corrected chi connectivity index (χ2v) is 22.9. The van der Waals surface area contributed by atoms with Crippen LogP contribution in [0.1, 0.15) is 102 Å². The lowest BCUT2D eigenvalue weighted by molar-refractivity contribution is 0.0785. The van der Waals surface area contributed by atoms with Gasteiger partial charge in [-0.1, -0.05) is 128 Å². The van der Waals surface area contributed by atoms with Crippen LogP contribution in [0.15, 0.2) is 153 Å². The van der Waals surface area contributed by atoms with Crippen LogP contribution >= 0.6 is 0 Å². The van der Waals surface area contributed by atoms with Gasteiger partial charge in [-0.15, -0.1) is 0 Å². The van der Waals surface area contributed by atoms with E-state index in [-0.39, 0.29) is 28.4 Å². The molecular formula is C50H54O11S3. The summed E-state index contributed by atoms with van der Waals surface area (Å²) in [5, 5.41) is 9.76. The summed E-state index contributed by atoms with van der Waals surface area (Å²) in [5.74, 6) is -0.313. The van der Waals surface area contributed by atoms with E-state index >= 15 is 0 Å². The highest BCUT2D eigenvalue weighted by Gasteiger charge is 2.33. The second kappa shape index (κ2) is 17.1. The molecule has 1 atom stereocenters. The van der Waals surface area contributed by atoms with E-state index in [0.29, 0.717) is 12.0 Å². The topological polar surface area (TPSA) is 182 Å². The Hall–Kier alpha value is -5.51. The quantitative estimate of drug-likeness (QED) is 0.0884. The van der Waals surface area contributed by atoms with Crippen molar-refractivity contribution in [3.05, 3.63) is 167 Å². The van der Waals surface area contributed by atoms with Crippen LogP contribution in [0.2, 0.25) is 0 Å². The fourth-order valence-corrected chi connectivity index (χ4v) is 10.2. The highest BCUT2D eigenvalue weighted by molar-refractivity contribution is 7.91. The Morgan fingerprint density at radius 3 is 1.23 bits per heavy atom. The molecule has 0 aliphatic heterocycles. The molecule has 0 fully saturated rings. The summed E-state index contributed by atoms with van der Waals surface area (Å²) < 4.78 is 112. The number of phenolic OH excluding ortho intramolecular Hbond substituents is 1. The number of benzene rings is 6. The van der Waals surface area contributed by atoms with E-state index in [1.54, 1.807) is 31.2 Å². The molecule has 6 aromatic carbocycles. The third-order valence-electron chi connectivity index (χ3n) is 12.1. The average molecular weight is 927 g/mol. The zero-order valence-corrected chi connectivity index (χ0v) is 39.7. The molecule has 0 heterocycles. The number of phenols is 1. The Morgan fingerprint density at radius 1 is 0.469 bits per heavy atom. The molecule has 0 aliphatic rings. The molecule has 0 amide bonds. The summed E-state index contributed by atoms with van der Waals surface area (Å²) in [6.07, 6.45) is 0.333. The molecule has 338 valence electrons. The van der Waals surface area contributed by atoms with Crippen molar-refractivity contribution in [2.45, 2.75) is 110 Å². The van der Waals surface area contributed by atoms with Crippen molar-refractivity contribution in [1.82, 2.24) is 0 Å². The Bertz CT molecular complexity index is 3010. The molecule has 6 aromatic rings. The van der Waals surface area contributed by atoms with Crippen LogP contribution in [0, 0.1) is 0 Å². The number of aromatic hydroxyl groups is 1. The van der Waals surface area contributed by atoms with Gasteiger partial charge < -0.3 is 14.6 Å². The second-order valence-electron chi connectivity index (χ2n) is 18.2. The SMILES string of the molecule is CCC(C)(Oc1ccc(S(=O)(=O)c2ccc(Oc3ccc(C(C)(C)c4ccc(C(C)(C)C)cc4)cc3)c(S(=O)(=O)O)c2)cc1S(=O)(=O)O)c1ccc(C(C)(C)c2ccc(O)cc2)cc1. The zero-order chi connectivity index (χ0) is 47.3. The summed E-state index contributed by atoms with van der Waals surface area (Å²) in [6, 6.07) is 35.6. The Kier molecular flexibility index (Phi) is 12.8. The maximum absolute atomic E-state index is 14.0. The molecule has 0 aliphatic carbocycles. The Morgan fingerprint density at radius 2 is 0.828 bits per heavy atom. The van der Waals surface area contributed by atoms with Crippen LogP contribution in [0.3, 0.4) is 0 Å². The first-order chi connectivity index (χ1) is 29.6. The van der Waals surface area contributed by atoms with Crippen molar-refractivity contribution in [3.8, 4) is 23.0 Å². The van der Waals surface area contributed by atoms with Crippen LogP contribution in [0.25, 0.3) is 0 Å². The fraction of sp³-hybridized carbons (Fsp3) is 0.280. The molecule has 14 heteroatoms. The molecule has 0 bridgehead atoms. The van der Waals surface area contributed by atoms with Gasteiger partial charge in [0.25, 0.3) is 20.2 Å². The lowest BCUT2D eigenvalue weighted by Gasteiger charge is -2.32. The maximum atomic E-state index is 14.0. The minimum absolute atomic E-state index is 0.00207. The minimum Gasteiger partial charge on any atom is -0.508 e. The van der Waals surface area contributed by atoms with Crippen molar-refractivity contribution in [1.29, 1.82) is 0 Å². The first-order valence-corrected chi connectivity index (χ1v) is 24.9. The molecule has 0 aromatic heterocycles. The van der Waals surface area contributed by atoms with Crippen LogP contribution < -0.4 is 9.47 Å². The van der Waals surface area contributed by atoms with Crippen molar-refractivity contribution >= 4 is 30.1 Å². The molecule has 0 radical (unpaired) electrons. The summed E-state index contributed by atoms with van der Waals surface area (Å²) in [4.78, 5) is -2.89. The average Bonchev–Trinajstić information content (AvgIpc) is 3.23. The van der Waals surface area contributed by atoms with E-state index in [4.69, 9.17) is 9.47 Å². The summed E-state index contributed by atoms with van der Waals surface area (Å²) in [5.41, 5.74) is 3.83. The summed E-state index contributed by atoms with van der Waals surface area (Å²) >= 11 is 0. The number of sulfone groups is 1. The molecule has 6 rings (SSSR count). The highest BCUT2D eigenvalue weighted by Crippen LogP contribution is 2.41. The zero-order valence-electron chi connectivity index (χ0n) is 37.2. The third kappa shape index (κ3) is 9.91. The van der Waals surface area contributed by atoms with Crippen molar-refractivity contribution in [2.75, 3.05) is 0 Å². The molecule has 11 nitrogen and oxygen atoms in total. The first kappa shape index (κ1) is 48.0. The standard InChI is InChI=1S/C50H54O11S3/c1-10-50(9,38-17-15-35(16-18-38)48(5,6)36-19-23-39(51)24-20-36)61-44-30-28-42(32-46(44)64(57,58)59)62(52,53)41-27-29-43(45(31-41)63(54,55)56)60-40-25-21-37(22-26-40)49(7,8)34-13-11-33(12-14-34)47(2,3)4/h11-32,51H,10H2,1-9H3,(H,54,55,56)(H,57,58,59). The Labute approximate surface area is 377 Å². The van der Waals surface area contributed by atoms with E-state index in [1.807, 2.05) is 69.3 Å². The number of hydrogen-bond acceptors (Lipinski definition) is 9. The molecule has 3 N–H and O–H groups in total. The maximum Gasteiger partial charge on any atom is 0.298 e. The van der Waals surface area contributed by atoms with Crippen molar-refractivity contribution < 1.29 is 48.9 Å². The lowest BCUT2D eigenvalue weighted by atomic mass is 9.77. The number of ether oxygens (including phenoxy) is 2. The predicted molar refractivity (Wildman–Crippen MR) is 247 cm³/mol. The lowest BCUT2D eigenvalue weighted by Crippen LogP contribution is -2.29. The van der Waals surface area contributed by atoms with Crippen molar-refractivity contribution in [2.24, 2.45) is 0 Å². The summed E-state index contributed by atoms with van der Waals surface area (Å²) in [6.45, 7) is 18.2. The highest BCUT2D eigenvalue weighted by atomic mass is 32.2. The van der Waals surface area contributed by atoms with Gasteiger partial charge in [-0.3, -0.25) is 9.11 Å². The smallest absolute Gasteiger partial charge is 0.298 e. The molecular weight excluding hydrogens is 873 g/mol. The van der Waals surface area contributed by atoms with E-state index in [1.165, 1.54) is 5.56 Å². The molecule has 1 unspecified atom stereocenters. The fourth-order valence-electron chi connectivity index (χ4n) is 7.50. The van der Waals surface area contributed by atoms with Gasteiger partial charge in [-0.2, -0.15) is 16.8 Å². The van der Waals surface area contributed by atoms with Gasteiger partial charge in [0, 0.05) is 10.8 Å². The van der Waals surface area contributed by atoms with E-state index < -0.39 is 66.1 Å². The predicted octanol–water partition coefficient (Wildman–Crippen LogP) is 11.2. The van der Waals surface area contributed by atoms with Crippen LogP contribution in [-0.4, -0.2) is 39.5 Å². The van der Waals surface area contributed by atoms with E-state index in [0.717, 1.165) is 58.7 Å². The molecule has 0 saturated heterocycles. The number of rotatable bonds is 14. The van der Waals surface area contributed by atoms with Gasteiger partial charge in [0.15, 0.2) is 0 Å². The van der Waals surface area contributed by atoms with Gasteiger partial charge in [0.05, 0.1) is 9.79 Å².